The first-order valence-electron chi connectivity index (χ1n) is 7.96. The predicted molar refractivity (Wildman–Crippen MR) is 99.4 cm³/mol. The van der Waals surface area contributed by atoms with Crippen molar-refractivity contribution in [1.29, 1.82) is 0 Å². The summed E-state index contributed by atoms with van der Waals surface area (Å²) in [5.41, 5.74) is 1.93. The predicted octanol–water partition coefficient (Wildman–Crippen LogP) is 4.08. The van der Waals surface area contributed by atoms with Gasteiger partial charge in [0.05, 0.1) is 0 Å². The second kappa shape index (κ2) is 6.15. The Bertz CT molecular complexity index is 712. The van der Waals surface area contributed by atoms with Gasteiger partial charge in [0, 0.05) is 0 Å². The first-order chi connectivity index (χ1) is 11.1. The largest absolute Gasteiger partial charge is 0.384 e. The van der Waals surface area contributed by atoms with Gasteiger partial charge in [0.25, 0.3) is 0 Å². The summed E-state index contributed by atoms with van der Waals surface area (Å²) in [5, 5.41) is 12.3. The molecule has 23 heavy (non-hydrogen) atoms. The SMILES string of the molecule is C[Si](C)(c1ccccc1)C(O)(c1ccccc1)c1ccccc1. The Hall–Kier alpha value is -2.16. The van der Waals surface area contributed by atoms with Crippen molar-refractivity contribution in [2.24, 2.45) is 0 Å². The molecule has 0 radical (unpaired) electrons. The van der Waals surface area contributed by atoms with Crippen molar-refractivity contribution in [2.75, 3.05) is 0 Å². The van der Waals surface area contributed by atoms with E-state index in [1.54, 1.807) is 0 Å². The molecule has 3 rings (SSSR count). The maximum absolute atomic E-state index is 12.0. The third kappa shape index (κ3) is 2.65. The van der Waals surface area contributed by atoms with E-state index in [1.165, 1.54) is 5.19 Å². The number of aliphatic hydroxyl groups is 1. The molecule has 0 saturated heterocycles. The molecule has 2 heteroatoms. The fourth-order valence-electron chi connectivity index (χ4n) is 3.31. The van der Waals surface area contributed by atoms with Crippen molar-refractivity contribution >= 4 is 13.3 Å². The van der Waals surface area contributed by atoms with Crippen LogP contribution in [-0.4, -0.2) is 13.2 Å². The standard InChI is InChI=1S/C21H22OSi/c1-23(2,20-16-10-5-11-17-20)21(22,18-12-6-3-7-13-18)19-14-8-4-9-15-19/h3-17,22H,1-2H3. The quantitative estimate of drug-likeness (QED) is 0.719. The van der Waals surface area contributed by atoms with E-state index in [4.69, 9.17) is 0 Å². The van der Waals surface area contributed by atoms with E-state index in [9.17, 15) is 5.11 Å². The highest BCUT2D eigenvalue weighted by Crippen LogP contribution is 2.38. The van der Waals surface area contributed by atoms with Gasteiger partial charge in [-0.1, -0.05) is 109 Å². The molecule has 0 bridgehead atoms. The monoisotopic (exact) mass is 318 g/mol. The van der Waals surface area contributed by atoms with Gasteiger partial charge in [0.1, 0.15) is 13.3 Å². The topological polar surface area (TPSA) is 20.2 Å². The molecule has 1 nitrogen and oxygen atoms in total. The second-order valence-electron chi connectivity index (χ2n) is 6.43. The maximum atomic E-state index is 12.0. The van der Waals surface area contributed by atoms with Gasteiger partial charge in [0.15, 0.2) is 0 Å². The van der Waals surface area contributed by atoms with Crippen LogP contribution in [0.15, 0.2) is 91.0 Å². The Balaban J connectivity index is 2.25. The van der Waals surface area contributed by atoms with E-state index in [1.807, 2.05) is 66.7 Å². The van der Waals surface area contributed by atoms with Gasteiger partial charge in [-0.3, -0.25) is 0 Å². The summed E-state index contributed by atoms with van der Waals surface area (Å²) in [6.07, 6.45) is 0. The Kier molecular flexibility index (Phi) is 4.20. The van der Waals surface area contributed by atoms with E-state index in [2.05, 4.69) is 37.4 Å². The summed E-state index contributed by atoms with van der Waals surface area (Å²) in [7, 11) is -2.26. The lowest BCUT2D eigenvalue weighted by Gasteiger charge is -2.42. The summed E-state index contributed by atoms with van der Waals surface area (Å²) in [6.45, 7) is 4.48. The first kappa shape index (κ1) is 15.7. The van der Waals surface area contributed by atoms with Gasteiger partial charge < -0.3 is 5.11 Å². The van der Waals surface area contributed by atoms with E-state index < -0.39 is 13.3 Å². The number of rotatable bonds is 4. The average molecular weight is 318 g/mol. The van der Waals surface area contributed by atoms with Crippen LogP contribution >= 0.6 is 0 Å². The van der Waals surface area contributed by atoms with Crippen LogP contribution in [-0.2, 0) is 5.22 Å². The molecule has 0 aliphatic rings. The highest BCUT2D eigenvalue weighted by Gasteiger charge is 2.49. The van der Waals surface area contributed by atoms with Crippen LogP contribution in [0.2, 0.25) is 13.1 Å². The van der Waals surface area contributed by atoms with Crippen LogP contribution in [0.1, 0.15) is 11.1 Å². The van der Waals surface area contributed by atoms with Crippen molar-refractivity contribution < 1.29 is 5.11 Å². The van der Waals surface area contributed by atoms with Crippen LogP contribution in [0.3, 0.4) is 0 Å². The molecule has 1 N–H and O–H groups in total. The van der Waals surface area contributed by atoms with Crippen LogP contribution in [0.5, 0.6) is 0 Å². The molecule has 0 aromatic heterocycles. The zero-order valence-electron chi connectivity index (χ0n) is 13.6. The molecule has 116 valence electrons. The van der Waals surface area contributed by atoms with Gasteiger partial charge >= 0.3 is 0 Å². The third-order valence-corrected chi connectivity index (χ3v) is 8.95. The minimum absolute atomic E-state index is 0.965. The van der Waals surface area contributed by atoms with Gasteiger partial charge in [-0.05, 0) is 11.1 Å². The van der Waals surface area contributed by atoms with Crippen LogP contribution < -0.4 is 5.19 Å². The maximum Gasteiger partial charge on any atom is 0.128 e. The molecule has 0 aliphatic carbocycles. The first-order valence-corrected chi connectivity index (χ1v) is 11.0. The minimum Gasteiger partial charge on any atom is -0.384 e. The summed E-state index contributed by atoms with van der Waals surface area (Å²) in [6, 6.07) is 30.5. The number of hydrogen-bond acceptors (Lipinski definition) is 1. The molecule has 0 heterocycles. The molecule has 0 atom stereocenters. The molecule has 3 aromatic carbocycles. The van der Waals surface area contributed by atoms with E-state index in [-0.39, 0.29) is 0 Å². The molecular formula is C21H22OSi. The Labute approximate surface area is 139 Å². The molecular weight excluding hydrogens is 296 g/mol. The summed E-state index contributed by atoms with van der Waals surface area (Å²) in [4.78, 5) is 0. The lowest BCUT2D eigenvalue weighted by Crippen LogP contribution is -2.60. The minimum atomic E-state index is -2.26. The van der Waals surface area contributed by atoms with Gasteiger partial charge in [0.2, 0.25) is 0 Å². The summed E-state index contributed by atoms with van der Waals surface area (Å²) >= 11 is 0. The summed E-state index contributed by atoms with van der Waals surface area (Å²) in [5.74, 6) is 0. The molecule has 0 spiro atoms. The lowest BCUT2D eigenvalue weighted by molar-refractivity contribution is 0.160. The van der Waals surface area contributed by atoms with E-state index in [0.717, 1.165) is 11.1 Å². The van der Waals surface area contributed by atoms with Gasteiger partial charge in [-0.15, -0.1) is 0 Å². The molecule has 0 amide bonds. The molecule has 0 aliphatic heterocycles. The molecule has 0 fully saturated rings. The highest BCUT2D eigenvalue weighted by molar-refractivity contribution is 6.92. The Morgan fingerprint density at radius 2 is 0.957 bits per heavy atom. The van der Waals surface area contributed by atoms with Gasteiger partial charge in [-0.25, -0.2) is 0 Å². The zero-order chi connectivity index (χ0) is 16.3. The normalized spacial score (nSPS) is 12.1. The number of benzene rings is 3. The fraction of sp³-hybridized carbons (Fsp3) is 0.143. The third-order valence-electron chi connectivity index (χ3n) is 4.78. The smallest absolute Gasteiger partial charge is 0.128 e. The van der Waals surface area contributed by atoms with Crippen molar-refractivity contribution in [2.45, 2.75) is 18.3 Å². The Morgan fingerprint density at radius 1 is 0.609 bits per heavy atom. The fourth-order valence-corrected chi connectivity index (χ4v) is 6.53. The van der Waals surface area contributed by atoms with Gasteiger partial charge in [-0.2, -0.15) is 0 Å². The van der Waals surface area contributed by atoms with Crippen molar-refractivity contribution in [1.82, 2.24) is 0 Å². The zero-order valence-corrected chi connectivity index (χ0v) is 14.6. The van der Waals surface area contributed by atoms with Crippen LogP contribution in [0.25, 0.3) is 0 Å². The number of hydrogen-bond donors (Lipinski definition) is 1. The molecule has 3 aromatic rings. The second-order valence-corrected chi connectivity index (χ2v) is 11.0. The molecule has 0 unspecified atom stereocenters. The molecule has 0 saturated carbocycles. The Morgan fingerprint density at radius 3 is 1.35 bits per heavy atom. The van der Waals surface area contributed by atoms with Crippen molar-refractivity contribution in [3.8, 4) is 0 Å². The summed E-state index contributed by atoms with van der Waals surface area (Å²) < 4.78 is 0. The van der Waals surface area contributed by atoms with Crippen LogP contribution in [0, 0.1) is 0 Å². The van der Waals surface area contributed by atoms with E-state index in [0.29, 0.717) is 0 Å². The average Bonchev–Trinajstić information content (AvgIpc) is 2.63. The van der Waals surface area contributed by atoms with Crippen LogP contribution in [0.4, 0.5) is 0 Å². The van der Waals surface area contributed by atoms with Crippen molar-refractivity contribution in [3.05, 3.63) is 102 Å². The van der Waals surface area contributed by atoms with E-state index >= 15 is 0 Å². The lowest BCUT2D eigenvalue weighted by atomic mass is 10.0. The van der Waals surface area contributed by atoms with Crippen molar-refractivity contribution in [3.63, 3.8) is 0 Å². The highest BCUT2D eigenvalue weighted by atomic mass is 28.3.